The average molecular weight is 354 g/mol. The van der Waals surface area contributed by atoms with Crippen LogP contribution in [0.2, 0.25) is 0 Å². The van der Waals surface area contributed by atoms with E-state index in [0.29, 0.717) is 18.7 Å². The molecule has 0 aromatic heterocycles. The zero-order chi connectivity index (χ0) is 18.3. The summed E-state index contributed by atoms with van der Waals surface area (Å²) in [5, 5.41) is 3.02. The molecule has 0 bridgehead atoms. The minimum Gasteiger partial charge on any atom is -0.355 e. The van der Waals surface area contributed by atoms with Crippen molar-refractivity contribution in [2.45, 2.75) is 78.1 Å². The van der Waals surface area contributed by atoms with Crippen LogP contribution in [0.5, 0.6) is 0 Å². The molecule has 0 aromatic carbocycles. The van der Waals surface area contributed by atoms with E-state index in [1.54, 1.807) is 0 Å². The lowest BCUT2D eigenvalue weighted by Gasteiger charge is -2.34. The van der Waals surface area contributed by atoms with Crippen molar-refractivity contribution in [1.29, 1.82) is 0 Å². The van der Waals surface area contributed by atoms with Gasteiger partial charge in [0.1, 0.15) is 0 Å². The molecule has 1 aliphatic rings. The van der Waals surface area contributed by atoms with Crippen molar-refractivity contribution in [1.82, 2.24) is 15.1 Å². The molecule has 5 nitrogen and oxygen atoms in total. The number of nitrogens with one attached hydrogen (secondary N) is 1. The molecular formula is C20H39N3O2. The number of amides is 2. The minimum atomic E-state index is 0.178. The van der Waals surface area contributed by atoms with Gasteiger partial charge in [-0.1, -0.05) is 52.4 Å². The van der Waals surface area contributed by atoms with Crippen molar-refractivity contribution in [3.8, 4) is 0 Å². The molecule has 0 radical (unpaired) electrons. The second kappa shape index (κ2) is 14.1. The molecule has 0 aromatic rings. The summed E-state index contributed by atoms with van der Waals surface area (Å²) in [6.07, 6.45) is 10.6. The van der Waals surface area contributed by atoms with Crippen LogP contribution in [0, 0.1) is 0 Å². The largest absolute Gasteiger partial charge is 0.355 e. The van der Waals surface area contributed by atoms with Gasteiger partial charge in [0.15, 0.2) is 0 Å². The minimum absolute atomic E-state index is 0.178. The van der Waals surface area contributed by atoms with E-state index in [9.17, 15) is 9.59 Å². The number of carbonyl (C=O) groups is 2. The zero-order valence-electron chi connectivity index (χ0n) is 16.5. The van der Waals surface area contributed by atoms with Gasteiger partial charge in [0.05, 0.1) is 0 Å². The molecule has 1 heterocycles. The first-order valence-corrected chi connectivity index (χ1v) is 10.4. The lowest BCUT2D eigenvalue weighted by Crippen LogP contribution is -2.50. The SMILES string of the molecule is CCCCCCC(=O)NCCN1CCN(C(=O)CCCCCC)CC1. The topological polar surface area (TPSA) is 52.7 Å². The van der Waals surface area contributed by atoms with Gasteiger partial charge in [0.2, 0.25) is 11.8 Å². The van der Waals surface area contributed by atoms with Crippen LogP contribution >= 0.6 is 0 Å². The van der Waals surface area contributed by atoms with Gasteiger partial charge in [-0.25, -0.2) is 0 Å². The summed E-state index contributed by atoms with van der Waals surface area (Å²) in [7, 11) is 0. The number of carbonyl (C=O) groups excluding carboxylic acids is 2. The van der Waals surface area contributed by atoms with Crippen molar-refractivity contribution < 1.29 is 9.59 Å². The fourth-order valence-electron chi connectivity index (χ4n) is 3.24. The fraction of sp³-hybridized carbons (Fsp3) is 0.900. The molecule has 0 saturated carbocycles. The Kier molecular flexibility index (Phi) is 12.4. The molecule has 0 aliphatic carbocycles. The third-order valence-corrected chi connectivity index (χ3v) is 4.98. The summed E-state index contributed by atoms with van der Waals surface area (Å²) in [4.78, 5) is 28.3. The molecule has 0 atom stereocenters. The van der Waals surface area contributed by atoms with E-state index < -0.39 is 0 Å². The molecule has 1 fully saturated rings. The van der Waals surface area contributed by atoms with Crippen LogP contribution in [0.4, 0.5) is 0 Å². The molecule has 1 saturated heterocycles. The average Bonchev–Trinajstić information content (AvgIpc) is 2.63. The van der Waals surface area contributed by atoms with Crippen LogP contribution in [-0.2, 0) is 9.59 Å². The van der Waals surface area contributed by atoms with E-state index in [2.05, 4.69) is 24.1 Å². The highest BCUT2D eigenvalue weighted by molar-refractivity contribution is 5.76. The first-order chi connectivity index (χ1) is 12.2. The van der Waals surface area contributed by atoms with E-state index in [1.165, 1.54) is 32.1 Å². The molecule has 25 heavy (non-hydrogen) atoms. The van der Waals surface area contributed by atoms with Crippen molar-refractivity contribution in [3.63, 3.8) is 0 Å². The van der Waals surface area contributed by atoms with Crippen LogP contribution in [0.3, 0.4) is 0 Å². The molecule has 1 N–H and O–H groups in total. The van der Waals surface area contributed by atoms with Gasteiger partial charge in [-0.3, -0.25) is 14.5 Å². The summed E-state index contributed by atoms with van der Waals surface area (Å²) in [6.45, 7) is 9.49. The van der Waals surface area contributed by atoms with Gasteiger partial charge in [-0.15, -0.1) is 0 Å². The second-order valence-corrected chi connectivity index (χ2v) is 7.19. The third kappa shape index (κ3) is 10.5. The molecule has 0 unspecified atom stereocenters. The quantitative estimate of drug-likeness (QED) is 0.517. The number of piperazine rings is 1. The highest BCUT2D eigenvalue weighted by Crippen LogP contribution is 2.08. The van der Waals surface area contributed by atoms with E-state index in [4.69, 9.17) is 0 Å². The van der Waals surface area contributed by atoms with Gasteiger partial charge in [-0.2, -0.15) is 0 Å². The van der Waals surface area contributed by atoms with Crippen LogP contribution in [-0.4, -0.2) is 60.9 Å². The van der Waals surface area contributed by atoms with Gasteiger partial charge < -0.3 is 10.2 Å². The Balaban J connectivity index is 2.04. The molecule has 146 valence electrons. The van der Waals surface area contributed by atoms with Crippen molar-refractivity contribution in [2.75, 3.05) is 39.3 Å². The van der Waals surface area contributed by atoms with Crippen LogP contribution < -0.4 is 5.32 Å². The van der Waals surface area contributed by atoms with E-state index in [0.717, 1.165) is 58.5 Å². The van der Waals surface area contributed by atoms with Crippen LogP contribution in [0.25, 0.3) is 0 Å². The molecular weight excluding hydrogens is 314 g/mol. The number of hydrogen-bond donors (Lipinski definition) is 1. The molecule has 5 heteroatoms. The van der Waals surface area contributed by atoms with Crippen molar-refractivity contribution in [3.05, 3.63) is 0 Å². The maximum Gasteiger partial charge on any atom is 0.222 e. The van der Waals surface area contributed by atoms with E-state index in [1.807, 2.05) is 4.90 Å². The predicted molar refractivity (Wildman–Crippen MR) is 104 cm³/mol. The predicted octanol–water partition coefficient (Wildman–Crippen LogP) is 3.19. The third-order valence-electron chi connectivity index (χ3n) is 4.98. The molecule has 1 rings (SSSR count). The second-order valence-electron chi connectivity index (χ2n) is 7.19. The zero-order valence-corrected chi connectivity index (χ0v) is 16.5. The smallest absolute Gasteiger partial charge is 0.222 e. The lowest BCUT2D eigenvalue weighted by molar-refractivity contribution is -0.133. The summed E-state index contributed by atoms with van der Waals surface area (Å²) in [6, 6.07) is 0. The Morgan fingerprint density at radius 3 is 2.00 bits per heavy atom. The maximum absolute atomic E-state index is 12.2. The Morgan fingerprint density at radius 1 is 0.800 bits per heavy atom. The summed E-state index contributed by atoms with van der Waals surface area (Å²) in [5.41, 5.74) is 0. The lowest BCUT2D eigenvalue weighted by atomic mass is 10.1. The first-order valence-electron chi connectivity index (χ1n) is 10.4. The van der Waals surface area contributed by atoms with Gasteiger partial charge >= 0.3 is 0 Å². The van der Waals surface area contributed by atoms with Gasteiger partial charge in [0, 0.05) is 52.1 Å². The van der Waals surface area contributed by atoms with Crippen molar-refractivity contribution in [2.24, 2.45) is 0 Å². The number of unbranched alkanes of at least 4 members (excludes halogenated alkanes) is 6. The van der Waals surface area contributed by atoms with Gasteiger partial charge in [0.25, 0.3) is 0 Å². The molecule has 2 amide bonds. The molecule has 1 aliphatic heterocycles. The number of nitrogens with zero attached hydrogens (tertiary/aromatic N) is 2. The highest BCUT2D eigenvalue weighted by atomic mass is 16.2. The normalized spacial score (nSPS) is 15.4. The molecule has 0 spiro atoms. The monoisotopic (exact) mass is 353 g/mol. The summed E-state index contributed by atoms with van der Waals surface area (Å²) < 4.78 is 0. The summed E-state index contributed by atoms with van der Waals surface area (Å²) >= 11 is 0. The maximum atomic E-state index is 12.2. The van der Waals surface area contributed by atoms with Crippen molar-refractivity contribution >= 4 is 11.8 Å². The Labute approximate surface area is 154 Å². The number of hydrogen-bond acceptors (Lipinski definition) is 3. The van der Waals surface area contributed by atoms with E-state index >= 15 is 0 Å². The fourth-order valence-corrected chi connectivity index (χ4v) is 3.24. The Bertz CT molecular complexity index is 363. The number of rotatable bonds is 13. The Morgan fingerprint density at radius 2 is 1.40 bits per heavy atom. The Hall–Kier alpha value is -1.10. The highest BCUT2D eigenvalue weighted by Gasteiger charge is 2.20. The van der Waals surface area contributed by atoms with Gasteiger partial charge in [-0.05, 0) is 12.8 Å². The van der Waals surface area contributed by atoms with Crippen LogP contribution in [0.1, 0.15) is 78.1 Å². The summed E-state index contributed by atoms with van der Waals surface area (Å²) in [5.74, 6) is 0.494. The van der Waals surface area contributed by atoms with Crippen LogP contribution in [0.15, 0.2) is 0 Å². The first kappa shape index (κ1) is 21.9. The standard InChI is InChI=1S/C20H39N3O2/c1-3-5-7-9-11-19(24)21-13-14-22-15-17-23(18-16-22)20(25)12-10-8-6-4-2/h3-18H2,1-2H3,(H,21,24). The van der Waals surface area contributed by atoms with E-state index in [-0.39, 0.29) is 5.91 Å².